The lowest BCUT2D eigenvalue weighted by atomic mass is 9.72. The van der Waals surface area contributed by atoms with E-state index in [1.807, 2.05) is 0 Å². The summed E-state index contributed by atoms with van der Waals surface area (Å²) < 4.78 is 41.4. The number of ether oxygens (including phenoxy) is 7. The Morgan fingerprint density at radius 2 is 1.04 bits per heavy atom. The second-order valence-corrected chi connectivity index (χ2v) is 15.6. The molecule has 6 rings (SSSR count). The molecule has 0 spiro atoms. The number of hydrogen-bond donors (Lipinski definition) is 14. The Morgan fingerprint density at radius 3 is 1.65 bits per heavy atom. The maximum Gasteiger partial charge on any atom is 0.187 e. The SMILES string of the molecule is CC1OC(OCC2OC(OC3CC4C(OC5OC(CO)C(O)C(O)C5O)CC(O)CC4OC3C3CC(O)C(O)C(O)C3)C(O)C(O)C2O)C(O)C(O)C1O. The normalized spacial score (nSPS) is 55.9. The number of fused-ring (bicyclic) bond motifs is 1. The van der Waals surface area contributed by atoms with E-state index >= 15 is 0 Å². The van der Waals surface area contributed by atoms with Crippen LogP contribution in [0.15, 0.2) is 0 Å². The van der Waals surface area contributed by atoms with E-state index < -0.39 is 166 Å². The third-order valence-corrected chi connectivity index (χ3v) is 11.9. The molecule has 23 atom stereocenters. The predicted octanol–water partition coefficient (Wildman–Crippen LogP) is -7.37. The third kappa shape index (κ3) is 8.63. The Kier molecular flexibility index (Phi) is 13.9. The lowest BCUT2D eigenvalue weighted by Crippen LogP contribution is -2.64. The van der Waals surface area contributed by atoms with Crippen LogP contribution >= 0.6 is 0 Å². The molecule has 0 aromatic carbocycles. The molecule has 2 saturated carbocycles. The van der Waals surface area contributed by atoms with Crippen LogP contribution in [-0.4, -0.2) is 226 Å². The Labute approximate surface area is 309 Å². The van der Waals surface area contributed by atoms with Crippen molar-refractivity contribution >= 4 is 0 Å². The van der Waals surface area contributed by atoms with Gasteiger partial charge in [-0.3, -0.25) is 0 Å². The molecule has 0 aromatic rings. The van der Waals surface area contributed by atoms with Crippen LogP contribution in [0.5, 0.6) is 0 Å². The van der Waals surface area contributed by atoms with Crippen LogP contribution in [0, 0.1) is 11.8 Å². The summed E-state index contributed by atoms with van der Waals surface area (Å²) in [6.07, 6.45) is -32.3. The van der Waals surface area contributed by atoms with Crippen molar-refractivity contribution in [2.75, 3.05) is 13.2 Å². The Balaban J connectivity index is 1.22. The second kappa shape index (κ2) is 17.6. The maximum atomic E-state index is 11.0. The quantitative estimate of drug-likeness (QED) is 0.103. The zero-order valence-corrected chi connectivity index (χ0v) is 29.5. The summed E-state index contributed by atoms with van der Waals surface area (Å²) in [7, 11) is 0. The van der Waals surface area contributed by atoms with Gasteiger partial charge in [0.05, 0.1) is 62.0 Å². The standard InChI is InChI=1S/C33H56O21/c1-9-20(38)24(42)27(45)31(49-9)48-8-19-23(41)26(44)29(47)33(54-19)52-17-6-12-15(50-30(17)10-2-13(36)21(39)14(37)3-10)4-11(35)5-16(12)51-32-28(46)25(43)22(40)18(7-34)53-32/h9-47H,2-8H2,1H3. The fourth-order valence-corrected chi connectivity index (χ4v) is 8.63. The highest BCUT2D eigenvalue weighted by Gasteiger charge is 2.55. The summed E-state index contributed by atoms with van der Waals surface area (Å²) in [5.74, 6) is -1.30. The first-order chi connectivity index (χ1) is 25.5. The van der Waals surface area contributed by atoms with Crippen LogP contribution in [0.4, 0.5) is 0 Å². The largest absolute Gasteiger partial charge is 0.394 e. The van der Waals surface area contributed by atoms with Crippen LogP contribution in [-0.2, 0) is 33.2 Å². The van der Waals surface area contributed by atoms with Crippen molar-refractivity contribution in [3.8, 4) is 0 Å². The van der Waals surface area contributed by atoms with Crippen LogP contribution < -0.4 is 0 Å². The van der Waals surface area contributed by atoms with Gasteiger partial charge in [-0.1, -0.05) is 0 Å². The number of aliphatic hydroxyl groups excluding tert-OH is 14. The number of rotatable bonds is 9. The fourth-order valence-electron chi connectivity index (χ4n) is 8.63. The summed E-state index contributed by atoms with van der Waals surface area (Å²) in [5, 5.41) is 146. The Morgan fingerprint density at radius 1 is 0.500 bits per heavy atom. The molecule has 21 heteroatoms. The smallest absolute Gasteiger partial charge is 0.187 e. The van der Waals surface area contributed by atoms with Crippen molar-refractivity contribution in [2.45, 2.75) is 180 Å². The van der Waals surface area contributed by atoms with E-state index in [-0.39, 0.29) is 32.1 Å². The lowest BCUT2D eigenvalue weighted by Gasteiger charge is -2.53. The van der Waals surface area contributed by atoms with Crippen molar-refractivity contribution in [3.05, 3.63) is 0 Å². The number of aliphatic hydroxyl groups is 14. The molecule has 0 bridgehead atoms. The van der Waals surface area contributed by atoms with E-state index in [4.69, 9.17) is 33.2 Å². The number of hydrogen-bond acceptors (Lipinski definition) is 21. The first-order valence-electron chi connectivity index (χ1n) is 18.5. The summed E-state index contributed by atoms with van der Waals surface area (Å²) in [6, 6.07) is 0. The molecule has 0 amide bonds. The van der Waals surface area contributed by atoms with Crippen LogP contribution in [0.2, 0.25) is 0 Å². The van der Waals surface area contributed by atoms with Gasteiger partial charge in [0.1, 0.15) is 73.2 Å². The Bertz CT molecular complexity index is 1190. The van der Waals surface area contributed by atoms with Crippen molar-refractivity contribution in [1.82, 2.24) is 0 Å². The molecular weight excluding hydrogens is 732 g/mol. The van der Waals surface area contributed by atoms with Gasteiger partial charge in [-0.2, -0.15) is 0 Å². The van der Waals surface area contributed by atoms with Gasteiger partial charge in [-0.15, -0.1) is 0 Å². The molecule has 4 heterocycles. The molecule has 21 nitrogen and oxygen atoms in total. The van der Waals surface area contributed by atoms with Crippen molar-refractivity contribution in [2.24, 2.45) is 11.8 Å². The fraction of sp³-hybridized carbons (Fsp3) is 1.00. The van der Waals surface area contributed by atoms with Gasteiger partial charge >= 0.3 is 0 Å². The van der Waals surface area contributed by atoms with E-state index in [1.165, 1.54) is 6.92 Å². The molecule has 0 radical (unpaired) electrons. The highest BCUT2D eigenvalue weighted by molar-refractivity contribution is 5.01. The molecule has 4 aliphatic heterocycles. The molecular formula is C33H56O21. The molecule has 2 aliphatic carbocycles. The van der Waals surface area contributed by atoms with Gasteiger partial charge in [-0.25, -0.2) is 0 Å². The first kappa shape index (κ1) is 42.8. The summed E-state index contributed by atoms with van der Waals surface area (Å²) in [5.41, 5.74) is 0. The van der Waals surface area contributed by atoms with Crippen LogP contribution in [0.25, 0.3) is 0 Å². The van der Waals surface area contributed by atoms with Gasteiger partial charge < -0.3 is 105 Å². The van der Waals surface area contributed by atoms with Crippen molar-refractivity contribution in [3.63, 3.8) is 0 Å². The summed E-state index contributed by atoms with van der Waals surface area (Å²) in [6.45, 7) is 0.188. The van der Waals surface area contributed by atoms with Crippen molar-refractivity contribution < 1.29 is 105 Å². The third-order valence-electron chi connectivity index (χ3n) is 11.9. The molecule has 314 valence electrons. The Hall–Kier alpha value is -0.840. The van der Waals surface area contributed by atoms with Gasteiger partial charge in [0.25, 0.3) is 0 Å². The molecule has 54 heavy (non-hydrogen) atoms. The summed E-state index contributed by atoms with van der Waals surface area (Å²) >= 11 is 0. The highest BCUT2D eigenvalue weighted by atomic mass is 16.7. The predicted molar refractivity (Wildman–Crippen MR) is 171 cm³/mol. The van der Waals surface area contributed by atoms with Crippen molar-refractivity contribution in [1.29, 1.82) is 0 Å². The second-order valence-electron chi connectivity index (χ2n) is 15.6. The average molecular weight is 789 g/mol. The minimum atomic E-state index is -1.85. The lowest BCUT2D eigenvalue weighted by molar-refractivity contribution is -0.352. The molecule has 6 aliphatic rings. The van der Waals surface area contributed by atoms with Crippen LogP contribution in [0.3, 0.4) is 0 Å². The van der Waals surface area contributed by atoms with Gasteiger partial charge in [0.15, 0.2) is 18.9 Å². The summed E-state index contributed by atoms with van der Waals surface area (Å²) in [4.78, 5) is 0. The monoisotopic (exact) mass is 788 g/mol. The van der Waals surface area contributed by atoms with Crippen LogP contribution in [0.1, 0.15) is 39.0 Å². The van der Waals surface area contributed by atoms with E-state index in [9.17, 15) is 71.5 Å². The van der Waals surface area contributed by atoms with E-state index in [0.717, 1.165) is 0 Å². The molecule has 6 fully saturated rings. The van der Waals surface area contributed by atoms with E-state index in [0.29, 0.717) is 0 Å². The molecule has 4 saturated heterocycles. The van der Waals surface area contributed by atoms with Gasteiger partial charge in [0.2, 0.25) is 0 Å². The maximum absolute atomic E-state index is 11.0. The highest BCUT2D eigenvalue weighted by Crippen LogP contribution is 2.45. The molecule has 14 N–H and O–H groups in total. The van der Waals surface area contributed by atoms with E-state index in [2.05, 4.69) is 0 Å². The average Bonchev–Trinajstić information content (AvgIpc) is 3.14. The molecule has 0 aromatic heterocycles. The van der Waals surface area contributed by atoms with Gasteiger partial charge in [0, 0.05) is 12.3 Å². The first-order valence-corrected chi connectivity index (χ1v) is 18.5. The minimum absolute atomic E-state index is 0.00368. The van der Waals surface area contributed by atoms with Gasteiger partial charge in [-0.05, 0) is 38.5 Å². The topological polar surface area (TPSA) is 348 Å². The van der Waals surface area contributed by atoms with E-state index in [1.54, 1.807) is 0 Å². The zero-order chi connectivity index (χ0) is 39.3. The molecule has 23 unspecified atom stereocenters. The minimum Gasteiger partial charge on any atom is -0.394 e. The zero-order valence-electron chi connectivity index (χ0n) is 29.5.